The van der Waals surface area contributed by atoms with Crippen LogP contribution in [-0.2, 0) is 6.42 Å². The predicted molar refractivity (Wildman–Crippen MR) is 85.7 cm³/mol. The fourth-order valence-corrected chi connectivity index (χ4v) is 3.56. The van der Waals surface area contributed by atoms with E-state index in [9.17, 15) is 5.11 Å². The molecular formula is C19H30O. The van der Waals surface area contributed by atoms with Crippen LogP contribution in [0, 0.1) is 17.8 Å². The van der Waals surface area contributed by atoms with Crippen molar-refractivity contribution in [2.75, 3.05) is 0 Å². The van der Waals surface area contributed by atoms with Gasteiger partial charge in [0.15, 0.2) is 0 Å². The Morgan fingerprint density at radius 3 is 2.45 bits per heavy atom. The van der Waals surface area contributed by atoms with Gasteiger partial charge in [0, 0.05) is 0 Å². The third kappa shape index (κ3) is 4.09. The average Bonchev–Trinajstić information content (AvgIpc) is 2.46. The molecule has 0 spiro atoms. The highest BCUT2D eigenvalue weighted by molar-refractivity contribution is 5.26. The van der Waals surface area contributed by atoms with Gasteiger partial charge < -0.3 is 5.11 Å². The summed E-state index contributed by atoms with van der Waals surface area (Å²) in [5, 5.41) is 10.7. The van der Waals surface area contributed by atoms with Crippen LogP contribution in [-0.4, -0.2) is 5.11 Å². The summed E-state index contributed by atoms with van der Waals surface area (Å²) in [6.07, 6.45) is 7.10. The molecule has 112 valence electrons. The number of benzene rings is 1. The highest BCUT2D eigenvalue weighted by Crippen LogP contribution is 2.38. The zero-order chi connectivity index (χ0) is 14.5. The second-order valence-corrected chi connectivity index (χ2v) is 6.98. The quantitative estimate of drug-likeness (QED) is 0.788. The number of rotatable bonds is 5. The Labute approximate surface area is 124 Å². The SMILES string of the molecule is CCC1CCC(C(O)c2cccc(CC(C)C)c2)CC1. The van der Waals surface area contributed by atoms with Gasteiger partial charge in [0.05, 0.1) is 6.10 Å². The van der Waals surface area contributed by atoms with Crippen LogP contribution in [0.5, 0.6) is 0 Å². The first-order chi connectivity index (χ1) is 9.60. The Morgan fingerprint density at radius 2 is 1.85 bits per heavy atom. The van der Waals surface area contributed by atoms with Crippen molar-refractivity contribution in [2.45, 2.75) is 65.4 Å². The third-order valence-corrected chi connectivity index (χ3v) is 4.85. The minimum atomic E-state index is -0.264. The molecule has 0 radical (unpaired) electrons. The molecule has 1 atom stereocenters. The van der Waals surface area contributed by atoms with Crippen LogP contribution in [0.2, 0.25) is 0 Å². The number of hydrogen-bond donors (Lipinski definition) is 1. The molecule has 0 saturated heterocycles. The van der Waals surface area contributed by atoms with E-state index in [1.807, 2.05) is 0 Å². The number of aliphatic hydroxyl groups excluding tert-OH is 1. The fraction of sp³-hybridized carbons (Fsp3) is 0.684. The molecular weight excluding hydrogens is 244 g/mol. The van der Waals surface area contributed by atoms with Gasteiger partial charge in [-0.05, 0) is 48.1 Å². The molecule has 1 aromatic carbocycles. The van der Waals surface area contributed by atoms with E-state index < -0.39 is 0 Å². The van der Waals surface area contributed by atoms with Gasteiger partial charge in [-0.25, -0.2) is 0 Å². The maximum absolute atomic E-state index is 10.7. The normalized spacial score (nSPS) is 24.9. The van der Waals surface area contributed by atoms with E-state index in [-0.39, 0.29) is 6.10 Å². The van der Waals surface area contributed by atoms with Crippen molar-refractivity contribution in [1.29, 1.82) is 0 Å². The number of hydrogen-bond acceptors (Lipinski definition) is 1. The van der Waals surface area contributed by atoms with Gasteiger partial charge in [-0.15, -0.1) is 0 Å². The van der Waals surface area contributed by atoms with Gasteiger partial charge in [-0.3, -0.25) is 0 Å². The maximum atomic E-state index is 10.7. The van der Waals surface area contributed by atoms with Gasteiger partial charge in [-0.1, -0.05) is 64.3 Å². The van der Waals surface area contributed by atoms with Crippen LogP contribution in [0.15, 0.2) is 24.3 Å². The minimum Gasteiger partial charge on any atom is -0.388 e. The second-order valence-electron chi connectivity index (χ2n) is 6.98. The largest absolute Gasteiger partial charge is 0.388 e. The predicted octanol–water partition coefficient (Wildman–Crippen LogP) is 5.13. The van der Waals surface area contributed by atoms with Crippen molar-refractivity contribution in [3.8, 4) is 0 Å². The molecule has 0 aliphatic heterocycles. The molecule has 1 aliphatic rings. The molecule has 1 N–H and O–H groups in total. The lowest BCUT2D eigenvalue weighted by Crippen LogP contribution is -2.20. The lowest BCUT2D eigenvalue weighted by atomic mass is 9.77. The summed E-state index contributed by atoms with van der Waals surface area (Å²) in [5.74, 6) is 2.03. The van der Waals surface area contributed by atoms with Crippen LogP contribution in [0.3, 0.4) is 0 Å². The van der Waals surface area contributed by atoms with Gasteiger partial charge in [0.1, 0.15) is 0 Å². The van der Waals surface area contributed by atoms with E-state index in [0.29, 0.717) is 11.8 Å². The Balaban J connectivity index is 2.00. The van der Waals surface area contributed by atoms with Crippen molar-refractivity contribution in [3.63, 3.8) is 0 Å². The molecule has 2 rings (SSSR count). The molecule has 0 amide bonds. The fourth-order valence-electron chi connectivity index (χ4n) is 3.56. The van der Waals surface area contributed by atoms with Crippen LogP contribution in [0.4, 0.5) is 0 Å². The molecule has 0 heterocycles. The summed E-state index contributed by atoms with van der Waals surface area (Å²) in [7, 11) is 0. The van der Waals surface area contributed by atoms with Gasteiger partial charge in [-0.2, -0.15) is 0 Å². The van der Waals surface area contributed by atoms with E-state index in [0.717, 1.165) is 17.9 Å². The third-order valence-electron chi connectivity index (χ3n) is 4.85. The molecule has 1 aliphatic carbocycles. The van der Waals surface area contributed by atoms with Crippen LogP contribution >= 0.6 is 0 Å². The standard InChI is InChI=1S/C19H30O/c1-4-15-8-10-17(11-9-15)19(20)18-7-5-6-16(13-18)12-14(2)3/h5-7,13-15,17,19-20H,4,8-12H2,1-3H3. The maximum Gasteiger partial charge on any atom is 0.0818 e. The van der Waals surface area contributed by atoms with Gasteiger partial charge in [0.25, 0.3) is 0 Å². The average molecular weight is 274 g/mol. The van der Waals surface area contributed by atoms with Crippen LogP contribution < -0.4 is 0 Å². The van der Waals surface area contributed by atoms with E-state index in [1.54, 1.807) is 0 Å². The van der Waals surface area contributed by atoms with Crippen molar-refractivity contribution in [1.82, 2.24) is 0 Å². The Morgan fingerprint density at radius 1 is 1.15 bits per heavy atom. The Kier molecular flexibility index (Phi) is 5.65. The van der Waals surface area contributed by atoms with Crippen molar-refractivity contribution >= 4 is 0 Å². The molecule has 1 heteroatoms. The molecule has 20 heavy (non-hydrogen) atoms. The molecule has 0 bridgehead atoms. The molecule has 1 aromatic rings. The van der Waals surface area contributed by atoms with E-state index in [2.05, 4.69) is 45.0 Å². The lowest BCUT2D eigenvalue weighted by molar-refractivity contribution is 0.0729. The van der Waals surface area contributed by atoms with Crippen LogP contribution in [0.1, 0.15) is 70.1 Å². The minimum absolute atomic E-state index is 0.264. The van der Waals surface area contributed by atoms with Gasteiger partial charge >= 0.3 is 0 Å². The monoisotopic (exact) mass is 274 g/mol. The zero-order valence-electron chi connectivity index (χ0n) is 13.3. The summed E-state index contributed by atoms with van der Waals surface area (Å²) in [6.45, 7) is 6.78. The second kappa shape index (κ2) is 7.26. The summed E-state index contributed by atoms with van der Waals surface area (Å²) in [6, 6.07) is 8.61. The Hall–Kier alpha value is -0.820. The highest BCUT2D eigenvalue weighted by atomic mass is 16.3. The topological polar surface area (TPSA) is 20.2 Å². The van der Waals surface area contributed by atoms with Crippen molar-refractivity contribution in [2.24, 2.45) is 17.8 Å². The summed E-state index contributed by atoms with van der Waals surface area (Å²) in [5.41, 5.74) is 2.49. The first kappa shape index (κ1) is 15.6. The van der Waals surface area contributed by atoms with Crippen molar-refractivity contribution in [3.05, 3.63) is 35.4 Å². The summed E-state index contributed by atoms with van der Waals surface area (Å²) >= 11 is 0. The smallest absolute Gasteiger partial charge is 0.0818 e. The first-order valence-electron chi connectivity index (χ1n) is 8.37. The van der Waals surface area contributed by atoms with E-state index in [4.69, 9.17) is 0 Å². The van der Waals surface area contributed by atoms with Gasteiger partial charge in [0.2, 0.25) is 0 Å². The number of aliphatic hydroxyl groups is 1. The molecule has 1 fully saturated rings. The Bertz CT molecular complexity index is 402. The molecule has 1 saturated carbocycles. The molecule has 0 aromatic heterocycles. The molecule has 1 nitrogen and oxygen atoms in total. The first-order valence-corrected chi connectivity index (χ1v) is 8.37. The lowest BCUT2D eigenvalue weighted by Gasteiger charge is -2.31. The van der Waals surface area contributed by atoms with E-state index in [1.165, 1.54) is 37.7 Å². The summed E-state index contributed by atoms with van der Waals surface area (Å²) < 4.78 is 0. The van der Waals surface area contributed by atoms with Crippen LogP contribution in [0.25, 0.3) is 0 Å². The molecule has 1 unspecified atom stereocenters. The zero-order valence-corrected chi connectivity index (χ0v) is 13.3. The highest BCUT2D eigenvalue weighted by Gasteiger charge is 2.26. The van der Waals surface area contributed by atoms with Crippen molar-refractivity contribution < 1.29 is 5.11 Å². The summed E-state index contributed by atoms with van der Waals surface area (Å²) in [4.78, 5) is 0. The van der Waals surface area contributed by atoms with E-state index >= 15 is 0 Å².